The maximum atomic E-state index is 11.3. The maximum Gasteiger partial charge on any atom is 0.345 e. The van der Waals surface area contributed by atoms with Crippen LogP contribution in [0.25, 0.3) is 10.1 Å². The van der Waals surface area contributed by atoms with E-state index in [1.54, 1.807) is 13.2 Å². The molecular formula is C19H21ClN2O4S. The first-order chi connectivity index (χ1) is 13.0. The van der Waals surface area contributed by atoms with E-state index in [0.29, 0.717) is 23.1 Å². The van der Waals surface area contributed by atoms with E-state index in [1.165, 1.54) is 11.3 Å². The van der Waals surface area contributed by atoms with Gasteiger partial charge < -0.3 is 19.5 Å². The van der Waals surface area contributed by atoms with Crippen molar-refractivity contribution in [1.82, 2.24) is 9.55 Å². The summed E-state index contributed by atoms with van der Waals surface area (Å²) in [5.41, 5.74) is 1.45. The van der Waals surface area contributed by atoms with Gasteiger partial charge in [0.1, 0.15) is 16.5 Å². The van der Waals surface area contributed by atoms with Crippen LogP contribution < -0.4 is 4.74 Å². The third-order valence-corrected chi connectivity index (χ3v) is 5.85. The van der Waals surface area contributed by atoms with Gasteiger partial charge in [-0.3, -0.25) is 0 Å². The predicted molar refractivity (Wildman–Crippen MR) is 106 cm³/mol. The van der Waals surface area contributed by atoms with Gasteiger partial charge in [0.05, 0.1) is 26.0 Å². The molecule has 2 N–H and O–H groups in total. The minimum Gasteiger partial charge on any atom is -0.496 e. The molecule has 0 saturated heterocycles. The van der Waals surface area contributed by atoms with E-state index in [-0.39, 0.29) is 11.5 Å². The van der Waals surface area contributed by atoms with Gasteiger partial charge in [-0.05, 0) is 30.0 Å². The normalized spacial score (nSPS) is 11.3. The minimum atomic E-state index is -0.942. The zero-order chi connectivity index (χ0) is 19.6. The van der Waals surface area contributed by atoms with Crippen LogP contribution in [0.5, 0.6) is 5.75 Å². The first-order valence-electron chi connectivity index (χ1n) is 8.66. The first kappa shape index (κ1) is 19.7. The van der Waals surface area contributed by atoms with Gasteiger partial charge in [-0.25, -0.2) is 9.78 Å². The van der Waals surface area contributed by atoms with Crippen LogP contribution >= 0.6 is 22.9 Å². The number of methoxy groups -OCH3 is 1. The molecule has 0 bridgehead atoms. The smallest absolute Gasteiger partial charge is 0.345 e. The zero-order valence-electron chi connectivity index (χ0n) is 15.2. The molecule has 2 heterocycles. The van der Waals surface area contributed by atoms with E-state index < -0.39 is 5.97 Å². The highest BCUT2D eigenvalue weighted by atomic mass is 35.5. The van der Waals surface area contributed by atoms with Crippen LogP contribution in [0, 0.1) is 0 Å². The fourth-order valence-electron chi connectivity index (χ4n) is 3.07. The molecule has 0 saturated carbocycles. The van der Waals surface area contributed by atoms with E-state index in [9.17, 15) is 15.0 Å². The Labute approximate surface area is 166 Å². The molecule has 27 heavy (non-hydrogen) atoms. The zero-order valence-corrected chi connectivity index (χ0v) is 16.7. The number of carboxylic acid groups (broad SMARTS) is 1. The van der Waals surface area contributed by atoms with E-state index >= 15 is 0 Å². The molecule has 0 atom stereocenters. The third kappa shape index (κ3) is 3.95. The second-order valence-corrected chi connectivity index (χ2v) is 7.67. The minimum absolute atomic E-state index is 0.204. The largest absolute Gasteiger partial charge is 0.496 e. The number of hydrogen-bond acceptors (Lipinski definition) is 5. The highest BCUT2D eigenvalue weighted by molar-refractivity contribution is 7.20. The number of aromatic nitrogens is 2. The Hall–Kier alpha value is -2.09. The summed E-state index contributed by atoms with van der Waals surface area (Å²) in [6.07, 6.45) is 2.77. The van der Waals surface area contributed by atoms with E-state index in [1.807, 2.05) is 16.7 Å². The molecule has 0 radical (unpaired) electrons. The molecule has 8 heteroatoms. The number of aromatic carboxylic acids is 1. The number of nitrogens with zero attached hydrogens (tertiary/aromatic N) is 2. The highest BCUT2D eigenvalue weighted by Crippen LogP contribution is 2.33. The molecule has 0 fully saturated rings. The SMILES string of the molecule is CCCCc1nc(Cl)c(CO)n1Cc1cc2cc(C(=O)O)sc2cc1OC. The summed E-state index contributed by atoms with van der Waals surface area (Å²) < 4.78 is 8.30. The average molecular weight is 409 g/mol. The van der Waals surface area contributed by atoms with Crippen molar-refractivity contribution in [3.8, 4) is 5.75 Å². The van der Waals surface area contributed by atoms with Gasteiger partial charge in [-0.1, -0.05) is 24.9 Å². The fourth-order valence-corrected chi connectivity index (χ4v) is 4.24. The Balaban J connectivity index is 2.06. The summed E-state index contributed by atoms with van der Waals surface area (Å²) in [4.78, 5) is 16.0. The standard InChI is InChI=1S/C19H21ClN2O4S/c1-3-4-5-17-21-18(20)13(10-23)22(17)9-12-6-11-7-16(19(24)25)27-15(11)8-14(12)26-2/h6-8,23H,3-5,9-10H2,1-2H3,(H,24,25). The number of imidazole rings is 1. The molecule has 3 aromatic rings. The number of aryl methyl sites for hydroxylation is 1. The van der Waals surface area contributed by atoms with Crippen LogP contribution in [0.3, 0.4) is 0 Å². The lowest BCUT2D eigenvalue weighted by atomic mass is 10.1. The lowest BCUT2D eigenvalue weighted by molar-refractivity contribution is 0.0702. The van der Waals surface area contributed by atoms with Crippen molar-refractivity contribution in [2.45, 2.75) is 39.3 Å². The van der Waals surface area contributed by atoms with Crippen molar-refractivity contribution in [3.63, 3.8) is 0 Å². The van der Waals surface area contributed by atoms with Gasteiger partial charge >= 0.3 is 5.97 Å². The number of unbranched alkanes of at least 4 members (excludes halogenated alkanes) is 1. The van der Waals surface area contributed by atoms with Gasteiger partial charge in [0.2, 0.25) is 0 Å². The Morgan fingerprint density at radius 2 is 2.15 bits per heavy atom. The Morgan fingerprint density at radius 1 is 1.37 bits per heavy atom. The van der Waals surface area contributed by atoms with Gasteiger partial charge in [-0.2, -0.15) is 0 Å². The lowest BCUT2D eigenvalue weighted by Gasteiger charge is -2.14. The summed E-state index contributed by atoms with van der Waals surface area (Å²) >= 11 is 7.43. The van der Waals surface area contributed by atoms with Gasteiger partial charge in [0, 0.05) is 16.7 Å². The molecule has 1 aromatic carbocycles. The van der Waals surface area contributed by atoms with Crippen molar-refractivity contribution < 1.29 is 19.7 Å². The van der Waals surface area contributed by atoms with Gasteiger partial charge in [0.15, 0.2) is 5.15 Å². The number of carboxylic acids is 1. The monoisotopic (exact) mass is 408 g/mol. The van der Waals surface area contributed by atoms with Crippen LogP contribution in [0.4, 0.5) is 0 Å². The number of rotatable bonds is 8. The summed E-state index contributed by atoms with van der Waals surface area (Å²) in [6, 6.07) is 5.44. The number of halogens is 1. The molecule has 0 aliphatic heterocycles. The molecule has 3 rings (SSSR count). The molecule has 6 nitrogen and oxygen atoms in total. The van der Waals surface area contributed by atoms with Crippen LogP contribution in [0.15, 0.2) is 18.2 Å². The predicted octanol–water partition coefficient (Wildman–Crippen LogP) is 4.34. The lowest BCUT2D eigenvalue weighted by Crippen LogP contribution is -2.10. The summed E-state index contributed by atoms with van der Waals surface area (Å²) in [6.45, 7) is 2.34. The van der Waals surface area contributed by atoms with Crippen LogP contribution in [-0.4, -0.2) is 32.8 Å². The van der Waals surface area contributed by atoms with Crippen LogP contribution in [-0.2, 0) is 19.6 Å². The van der Waals surface area contributed by atoms with Crippen molar-refractivity contribution in [2.24, 2.45) is 0 Å². The number of thiophene rings is 1. The van der Waals surface area contributed by atoms with Crippen molar-refractivity contribution in [1.29, 1.82) is 0 Å². The van der Waals surface area contributed by atoms with Crippen LogP contribution in [0.1, 0.15) is 46.5 Å². The first-order valence-corrected chi connectivity index (χ1v) is 9.86. The molecule has 0 aliphatic rings. The second-order valence-electron chi connectivity index (χ2n) is 6.23. The number of ether oxygens (including phenoxy) is 1. The fraction of sp³-hybridized carbons (Fsp3) is 0.368. The Kier molecular flexibility index (Phi) is 6.04. The number of carbonyl (C=O) groups is 1. The number of aliphatic hydroxyl groups excluding tert-OH is 1. The van der Waals surface area contributed by atoms with Crippen molar-refractivity contribution in [3.05, 3.63) is 45.3 Å². The van der Waals surface area contributed by atoms with E-state index in [4.69, 9.17) is 16.3 Å². The Morgan fingerprint density at radius 3 is 2.78 bits per heavy atom. The van der Waals surface area contributed by atoms with Gasteiger partial charge in [-0.15, -0.1) is 11.3 Å². The van der Waals surface area contributed by atoms with Crippen molar-refractivity contribution in [2.75, 3.05) is 7.11 Å². The molecule has 0 amide bonds. The summed E-state index contributed by atoms with van der Waals surface area (Å²) in [7, 11) is 1.59. The summed E-state index contributed by atoms with van der Waals surface area (Å²) in [5, 5.41) is 20.1. The van der Waals surface area contributed by atoms with E-state index in [2.05, 4.69) is 11.9 Å². The molecule has 2 aromatic heterocycles. The second kappa shape index (κ2) is 8.29. The van der Waals surface area contributed by atoms with E-state index in [0.717, 1.165) is 40.7 Å². The Bertz CT molecular complexity index is 980. The molecule has 0 spiro atoms. The average Bonchev–Trinajstić information content (AvgIpc) is 3.19. The quantitative estimate of drug-likeness (QED) is 0.579. The maximum absolute atomic E-state index is 11.3. The van der Waals surface area contributed by atoms with Crippen molar-refractivity contribution >= 4 is 39.0 Å². The van der Waals surface area contributed by atoms with Crippen LogP contribution in [0.2, 0.25) is 5.15 Å². The molecule has 0 unspecified atom stereocenters. The number of aliphatic hydroxyl groups is 1. The number of hydrogen-bond donors (Lipinski definition) is 2. The highest BCUT2D eigenvalue weighted by Gasteiger charge is 2.18. The third-order valence-electron chi connectivity index (χ3n) is 4.47. The molecular weight excluding hydrogens is 388 g/mol. The summed E-state index contributed by atoms with van der Waals surface area (Å²) in [5.74, 6) is 0.545. The number of fused-ring (bicyclic) bond motifs is 1. The molecule has 144 valence electrons. The molecule has 0 aliphatic carbocycles. The van der Waals surface area contributed by atoms with Gasteiger partial charge in [0.25, 0.3) is 0 Å². The topological polar surface area (TPSA) is 84.6 Å². The number of benzene rings is 1.